The molecular formula is C14H25NO6S. The Hall–Kier alpha value is -0.380. The van der Waals surface area contributed by atoms with Gasteiger partial charge < -0.3 is 30.8 Å². The summed E-state index contributed by atoms with van der Waals surface area (Å²) in [6, 6.07) is 0.216. The van der Waals surface area contributed by atoms with Crippen molar-refractivity contribution in [1.29, 1.82) is 0 Å². The molecule has 0 aromatic carbocycles. The van der Waals surface area contributed by atoms with Crippen LogP contribution in [0.1, 0.15) is 25.7 Å². The van der Waals surface area contributed by atoms with E-state index in [1.54, 1.807) is 0 Å². The van der Waals surface area contributed by atoms with Crippen molar-refractivity contribution in [3.8, 4) is 0 Å². The molecule has 2 aliphatic rings. The lowest BCUT2D eigenvalue weighted by Crippen LogP contribution is -2.55. The highest BCUT2D eigenvalue weighted by atomic mass is 32.2. The lowest BCUT2D eigenvalue weighted by molar-refractivity contribution is -0.136. The minimum absolute atomic E-state index is 0.0828. The highest BCUT2D eigenvalue weighted by molar-refractivity contribution is 8.00. The zero-order valence-electron chi connectivity index (χ0n) is 12.3. The molecule has 8 heteroatoms. The summed E-state index contributed by atoms with van der Waals surface area (Å²) in [5.41, 5.74) is 0. The molecule has 2 unspecified atom stereocenters. The second kappa shape index (κ2) is 7.94. The molecule has 1 saturated heterocycles. The highest BCUT2D eigenvalue weighted by Gasteiger charge is 2.47. The summed E-state index contributed by atoms with van der Waals surface area (Å²) in [5.74, 6) is -0.651. The van der Waals surface area contributed by atoms with E-state index in [9.17, 15) is 25.2 Å². The number of aliphatic hydroxyl groups excluding tert-OH is 4. The fraction of sp³-hybridized carbons (Fsp3) is 0.929. The van der Waals surface area contributed by atoms with Gasteiger partial charge in [0.05, 0.1) is 30.5 Å². The van der Waals surface area contributed by atoms with E-state index in [1.165, 1.54) is 11.8 Å². The topological polar surface area (TPSA) is 130 Å². The van der Waals surface area contributed by atoms with Crippen LogP contribution in [-0.2, 0) is 4.79 Å². The maximum atomic E-state index is 10.5. The Balaban J connectivity index is 1.87. The standard InChI is InChI=1S/C14H25NO6S/c16-6-9-11(19)12(20)13(21)14(22-9)7-1-2-8(5-7)15-4-3-10(17)18/h7-9,11-16,19-21H,1-6H2,(H,17,18)/t7?,8?,9-,11+,12+,13-,14+/m1/s1. The Morgan fingerprint density at radius 1 is 1.14 bits per heavy atom. The average Bonchev–Trinajstić information content (AvgIpc) is 2.93. The summed E-state index contributed by atoms with van der Waals surface area (Å²) >= 11 is 1.35. The summed E-state index contributed by atoms with van der Waals surface area (Å²) < 4.78 is 0. The zero-order valence-corrected chi connectivity index (χ0v) is 13.2. The molecule has 7 nitrogen and oxygen atoms in total. The second-order valence-corrected chi connectivity index (χ2v) is 7.58. The molecular weight excluding hydrogens is 310 g/mol. The molecule has 0 aromatic heterocycles. The van der Waals surface area contributed by atoms with Gasteiger partial charge in [0.15, 0.2) is 0 Å². The Bertz CT molecular complexity index is 382. The van der Waals surface area contributed by atoms with Crippen LogP contribution in [-0.4, -0.2) is 79.5 Å². The maximum Gasteiger partial charge on any atom is 0.304 e. The van der Waals surface area contributed by atoms with Crippen LogP contribution in [0.15, 0.2) is 0 Å². The van der Waals surface area contributed by atoms with Gasteiger partial charge in [-0.2, -0.15) is 0 Å². The minimum Gasteiger partial charge on any atom is -0.481 e. The van der Waals surface area contributed by atoms with Gasteiger partial charge in [0, 0.05) is 17.8 Å². The van der Waals surface area contributed by atoms with Crippen LogP contribution in [0, 0.1) is 5.92 Å². The normalized spacial score (nSPS) is 42.5. The molecule has 0 bridgehead atoms. The Labute approximate surface area is 133 Å². The van der Waals surface area contributed by atoms with Crippen molar-refractivity contribution in [3.63, 3.8) is 0 Å². The fourth-order valence-corrected chi connectivity index (χ4v) is 5.01. The Morgan fingerprint density at radius 2 is 1.86 bits per heavy atom. The predicted octanol–water partition coefficient (Wildman–Crippen LogP) is -1.22. The Morgan fingerprint density at radius 3 is 2.50 bits per heavy atom. The summed E-state index contributed by atoms with van der Waals surface area (Å²) in [7, 11) is 0. The first-order valence-electron chi connectivity index (χ1n) is 7.69. The molecule has 22 heavy (non-hydrogen) atoms. The van der Waals surface area contributed by atoms with Crippen LogP contribution in [0.2, 0.25) is 0 Å². The van der Waals surface area contributed by atoms with Crippen molar-refractivity contribution in [2.45, 2.75) is 60.5 Å². The van der Waals surface area contributed by atoms with Gasteiger partial charge in [-0.05, 0) is 25.2 Å². The zero-order chi connectivity index (χ0) is 16.3. The van der Waals surface area contributed by atoms with Gasteiger partial charge in [0.2, 0.25) is 0 Å². The lowest BCUT2D eigenvalue weighted by Gasteiger charge is -2.42. The summed E-state index contributed by atoms with van der Waals surface area (Å²) in [6.07, 6.45) is -0.703. The molecule has 6 N–H and O–H groups in total. The number of aliphatic hydroxyl groups is 4. The third-order valence-electron chi connectivity index (χ3n) is 4.64. The number of carboxylic acid groups (broad SMARTS) is 1. The number of hydrogen-bond donors (Lipinski definition) is 6. The van der Waals surface area contributed by atoms with Crippen molar-refractivity contribution >= 4 is 17.7 Å². The van der Waals surface area contributed by atoms with Crippen LogP contribution in [0.25, 0.3) is 0 Å². The van der Waals surface area contributed by atoms with E-state index >= 15 is 0 Å². The molecule has 2 rings (SSSR count). The van der Waals surface area contributed by atoms with E-state index in [0.29, 0.717) is 6.54 Å². The maximum absolute atomic E-state index is 10.5. The summed E-state index contributed by atoms with van der Waals surface area (Å²) in [5, 5.41) is 50.4. The van der Waals surface area contributed by atoms with E-state index < -0.39 is 29.5 Å². The Kier molecular flexibility index (Phi) is 6.48. The van der Waals surface area contributed by atoms with E-state index in [2.05, 4.69) is 5.32 Å². The van der Waals surface area contributed by atoms with Crippen molar-refractivity contribution in [2.24, 2.45) is 5.92 Å². The van der Waals surface area contributed by atoms with Crippen molar-refractivity contribution in [3.05, 3.63) is 0 Å². The van der Waals surface area contributed by atoms with Gasteiger partial charge in [-0.15, -0.1) is 11.8 Å². The molecule has 0 radical (unpaired) electrons. The molecule has 0 aromatic rings. The van der Waals surface area contributed by atoms with E-state index in [0.717, 1.165) is 19.3 Å². The smallest absolute Gasteiger partial charge is 0.304 e. The highest BCUT2D eigenvalue weighted by Crippen LogP contribution is 2.42. The van der Waals surface area contributed by atoms with Crippen LogP contribution < -0.4 is 5.32 Å². The van der Waals surface area contributed by atoms with E-state index in [-0.39, 0.29) is 30.2 Å². The van der Waals surface area contributed by atoms with Crippen LogP contribution in [0.5, 0.6) is 0 Å². The molecule has 0 amide bonds. The number of aliphatic carboxylic acids is 1. The molecule has 128 valence electrons. The minimum atomic E-state index is -1.23. The van der Waals surface area contributed by atoms with Crippen LogP contribution in [0.3, 0.4) is 0 Å². The monoisotopic (exact) mass is 335 g/mol. The van der Waals surface area contributed by atoms with Crippen LogP contribution in [0.4, 0.5) is 0 Å². The molecule has 1 aliphatic heterocycles. The molecule has 0 spiro atoms. The molecule has 1 saturated carbocycles. The number of nitrogens with one attached hydrogen (secondary N) is 1. The number of rotatable bonds is 6. The molecule has 2 fully saturated rings. The van der Waals surface area contributed by atoms with Gasteiger partial charge in [0.1, 0.15) is 6.10 Å². The number of carbonyl (C=O) groups is 1. The van der Waals surface area contributed by atoms with Gasteiger partial charge >= 0.3 is 5.97 Å². The van der Waals surface area contributed by atoms with E-state index in [4.69, 9.17) is 5.11 Å². The van der Waals surface area contributed by atoms with Gasteiger partial charge in [-0.1, -0.05) is 0 Å². The van der Waals surface area contributed by atoms with Crippen molar-refractivity contribution < 1.29 is 30.3 Å². The quantitative estimate of drug-likeness (QED) is 0.356. The lowest BCUT2D eigenvalue weighted by atomic mass is 9.92. The second-order valence-electron chi connectivity index (χ2n) is 6.16. The largest absolute Gasteiger partial charge is 0.481 e. The molecule has 1 heterocycles. The van der Waals surface area contributed by atoms with E-state index in [1.807, 2.05) is 0 Å². The van der Waals surface area contributed by atoms with Crippen LogP contribution >= 0.6 is 11.8 Å². The summed E-state index contributed by atoms with van der Waals surface area (Å²) in [4.78, 5) is 10.5. The van der Waals surface area contributed by atoms with Gasteiger partial charge in [-0.25, -0.2) is 0 Å². The average molecular weight is 335 g/mol. The number of hydrogen-bond acceptors (Lipinski definition) is 7. The van der Waals surface area contributed by atoms with Crippen molar-refractivity contribution in [2.75, 3.05) is 13.2 Å². The van der Waals surface area contributed by atoms with Gasteiger partial charge in [0.25, 0.3) is 0 Å². The molecule has 1 aliphatic carbocycles. The first-order chi connectivity index (χ1) is 10.4. The molecule has 7 atom stereocenters. The van der Waals surface area contributed by atoms with Gasteiger partial charge in [-0.3, -0.25) is 4.79 Å². The predicted molar refractivity (Wildman–Crippen MR) is 81.7 cm³/mol. The third-order valence-corrected chi connectivity index (χ3v) is 6.39. The van der Waals surface area contributed by atoms with Crippen molar-refractivity contribution in [1.82, 2.24) is 5.32 Å². The third kappa shape index (κ3) is 4.12. The number of carboxylic acids is 1. The first-order valence-corrected chi connectivity index (χ1v) is 8.64. The number of thioether (sulfide) groups is 1. The first kappa shape index (κ1) is 18.0. The summed E-state index contributed by atoms with van der Waals surface area (Å²) in [6.45, 7) is 0.187. The fourth-order valence-electron chi connectivity index (χ4n) is 3.40. The SMILES string of the molecule is O=C(O)CCNC1CCC([C@@H]2S[C@H](CO)[C@H](O)[C@H](O)[C@H]2O)C1.